The van der Waals surface area contributed by atoms with Gasteiger partial charge in [-0.05, 0) is 35.2 Å². The van der Waals surface area contributed by atoms with Gasteiger partial charge in [-0.25, -0.2) is 8.42 Å². The lowest BCUT2D eigenvalue weighted by atomic mass is 10.1. The number of hydrogen-bond acceptors (Lipinski definition) is 4. The van der Waals surface area contributed by atoms with Crippen molar-refractivity contribution >= 4 is 37.4 Å². The van der Waals surface area contributed by atoms with E-state index in [1.54, 1.807) is 24.4 Å². The molecule has 4 aromatic rings. The van der Waals surface area contributed by atoms with Gasteiger partial charge < -0.3 is 0 Å². The van der Waals surface area contributed by atoms with Crippen molar-refractivity contribution in [2.45, 2.75) is 0 Å². The third-order valence-electron chi connectivity index (χ3n) is 4.83. The van der Waals surface area contributed by atoms with E-state index < -0.39 is 10.0 Å². The summed E-state index contributed by atoms with van der Waals surface area (Å²) in [5.41, 5.74) is 2.69. The zero-order valence-corrected chi connectivity index (χ0v) is 16.3. The Bertz CT molecular complexity index is 1370. The molecule has 0 radical (unpaired) electrons. The van der Waals surface area contributed by atoms with Crippen LogP contribution >= 0.6 is 0 Å². The highest BCUT2D eigenvalue weighted by Gasteiger charge is 2.13. The van der Waals surface area contributed by atoms with Crippen molar-refractivity contribution in [3.05, 3.63) is 83.2 Å². The molecule has 4 rings (SSSR count). The predicted octanol–water partition coefficient (Wildman–Crippen LogP) is 3.81. The molecule has 0 N–H and O–H groups in total. The zero-order chi connectivity index (χ0) is 19.9. The molecule has 3 aromatic carbocycles. The number of sulfonamides is 1. The third-order valence-corrected chi connectivity index (χ3v) is 6.04. The lowest BCUT2D eigenvalue weighted by molar-refractivity contribution is 0.600. The average Bonchev–Trinajstić information content (AvgIpc) is 2.84. The van der Waals surface area contributed by atoms with Crippen molar-refractivity contribution in [1.82, 2.24) is 4.98 Å². The molecule has 0 fully saturated rings. The van der Waals surface area contributed by atoms with Crippen LogP contribution in [-0.2, 0) is 10.0 Å². The van der Waals surface area contributed by atoms with Crippen LogP contribution in [0.5, 0.6) is 0 Å². The fourth-order valence-corrected chi connectivity index (χ4v) is 3.66. The van der Waals surface area contributed by atoms with E-state index in [2.05, 4.69) is 4.98 Å². The summed E-state index contributed by atoms with van der Waals surface area (Å²) < 4.78 is 24.9. The van der Waals surface area contributed by atoms with Crippen molar-refractivity contribution in [1.29, 1.82) is 0 Å². The fraction of sp³-hybridized carbons (Fsp3) is 0.0909. The molecule has 140 valence electrons. The molecule has 0 saturated carbocycles. The first kappa shape index (κ1) is 18.1. The highest BCUT2D eigenvalue weighted by Crippen LogP contribution is 2.24. The number of fused-ring (bicyclic) bond motifs is 2. The number of pyridine rings is 1. The van der Waals surface area contributed by atoms with Gasteiger partial charge in [-0.15, -0.1) is 0 Å². The Balaban J connectivity index is 2.01. The molecule has 0 aliphatic rings. The molecule has 1 heterocycles. The van der Waals surface area contributed by atoms with Gasteiger partial charge in [0.15, 0.2) is 5.43 Å². The molecule has 0 bridgehead atoms. The minimum absolute atomic E-state index is 0.177. The summed E-state index contributed by atoms with van der Waals surface area (Å²) in [6.07, 6.45) is 2.89. The van der Waals surface area contributed by atoms with Gasteiger partial charge in [-0.1, -0.05) is 42.5 Å². The normalized spacial score (nSPS) is 11.6. The predicted molar refractivity (Wildman–Crippen MR) is 114 cm³/mol. The summed E-state index contributed by atoms with van der Waals surface area (Å²) in [7, 11) is -1.95. The van der Waals surface area contributed by atoms with Crippen LogP contribution < -0.4 is 9.73 Å². The van der Waals surface area contributed by atoms with E-state index in [0.29, 0.717) is 22.0 Å². The number of anilines is 1. The number of rotatable bonds is 3. The monoisotopic (exact) mass is 390 g/mol. The molecular formula is C22H18N2O3S. The molecular weight excluding hydrogens is 372 g/mol. The largest absolute Gasteiger partial charge is 0.289 e. The number of benzene rings is 2. The summed E-state index contributed by atoms with van der Waals surface area (Å²) in [5.74, 6) is 0. The Hall–Kier alpha value is -3.25. The quantitative estimate of drug-likeness (QED) is 0.533. The molecule has 0 atom stereocenters. The molecule has 0 unspecified atom stereocenters. The first-order chi connectivity index (χ1) is 13.3. The highest BCUT2D eigenvalue weighted by molar-refractivity contribution is 7.92. The second kappa shape index (κ2) is 6.73. The first-order valence-corrected chi connectivity index (χ1v) is 10.6. The Morgan fingerprint density at radius 3 is 2.29 bits per heavy atom. The molecule has 6 heteroatoms. The van der Waals surface area contributed by atoms with Crippen molar-refractivity contribution in [3.8, 4) is 11.1 Å². The minimum Gasteiger partial charge on any atom is -0.289 e. The van der Waals surface area contributed by atoms with Crippen LogP contribution in [0.3, 0.4) is 0 Å². The van der Waals surface area contributed by atoms with Crippen LogP contribution in [0, 0.1) is 0 Å². The second-order valence-electron chi connectivity index (χ2n) is 6.69. The van der Waals surface area contributed by atoms with E-state index >= 15 is 0 Å². The summed E-state index contributed by atoms with van der Waals surface area (Å²) in [6, 6.07) is 20.3. The molecule has 0 amide bonds. The van der Waals surface area contributed by atoms with Crippen LogP contribution in [-0.4, -0.2) is 26.7 Å². The minimum atomic E-state index is -3.42. The standard InChI is InChI=1S/C22H18N2O3S/c1-24(28(2,26)27)18-10-8-16-9-11-21-20(22(25)19(16)13-18)12-17(14-23-21)15-6-4-3-5-7-15/h3-14H,1-2H3. The smallest absolute Gasteiger partial charge is 0.231 e. The molecule has 1 aromatic heterocycles. The third kappa shape index (κ3) is 3.23. The maximum absolute atomic E-state index is 13.3. The van der Waals surface area contributed by atoms with Crippen molar-refractivity contribution < 1.29 is 8.42 Å². The molecule has 28 heavy (non-hydrogen) atoms. The second-order valence-corrected chi connectivity index (χ2v) is 8.70. The number of hydrogen-bond donors (Lipinski definition) is 0. The van der Waals surface area contributed by atoms with E-state index in [1.807, 2.05) is 48.5 Å². The Labute approximate surface area is 162 Å². The number of nitrogens with zero attached hydrogens (tertiary/aromatic N) is 2. The van der Waals surface area contributed by atoms with E-state index in [-0.39, 0.29) is 5.43 Å². The molecule has 0 spiro atoms. The Morgan fingerprint density at radius 1 is 0.857 bits per heavy atom. The summed E-state index contributed by atoms with van der Waals surface area (Å²) in [5, 5.41) is 1.68. The van der Waals surface area contributed by atoms with Gasteiger partial charge in [0.05, 0.1) is 17.5 Å². The van der Waals surface area contributed by atoms with Crippen LogP contribution in [0.15, 0.2) is 77.7 Å². The first-order valence-electron chi connectivity index (χ1n) is 8.71. The van der Waals surface area contributed by atoms with E-state index in [9.17, 15) is 13.2 Å². The van der Waals surface area contributed by atoms with Crippen LogP contribution in [0.4, 0.5) is 5.69 Å². The maximum atomic E-state index is 13.3. The summed E-state index contributed by atoms with van der Waals surface area (Å²) in [6.45, 7) is 0. The van der Waals surface area contributed by atoms with Gasteiger partial charge in [0.2, 0.25) is 10.0 Å². The maximum Gasteiger partial charge on any atom is 0.231 e. The van der Waals surface area contributed by atoms with Crippen LogP contribution in [0.25, 0.3) is 32.8 Å². The molecule has 0 saturated heterocycles. The summed E-state index contributed by atoms with van der Waals surface area (Å²) in [4.78, 5) is 17.8. The van der Waals surface area contributed by atoms with Gasteiger partial charge in [0.1, 0.15) is 0 Å². The Kier molecular flexibility index (Phi) is 4.35. The van der Waals surface area contributed by atoms with Gasteiger partial charge in [0, 0.05) is 29.6 Å². The topological polar surface area (TPSA) is 67.3 Å². The van der Waals surface area contributed by atoms with Gasteiger partial charge >= 0.3 is 0 Å². The fourth-order valence-electron chi connectivity index (χ4n) is 3.17. The summed E-state index contributed by atoms with van der Waals surface area (Å²) >= 11 is 0. The molecule has 0 aliphatic carbocycles. The SMILES string of the molecule is CN(c1ccc2ccc3ncc(-c4ccccc4)cc3c(=O)c2c1)S(C)(=O)=O. The van der Waals surface area contributed by atoms with Gasteiger partial charge in [-0.2, -0.15) is 0 Å². The zero-order valence-electron chi connectivity index (χ0n) is 15.5. The Morgan fingerprint density at radius 2 is 1.57 bits per heavy atom. The molecule has 5 nitrogen and oxygen atoms in total. The molecule has 0 aliphatic heterocycles. The van der Waals surface area contributed by atoms with Gasteiger partial charge in [0.25, 0.3) is 0 Å². The van der Waals surface area contributed by atoms with E-state index in [4.69, 9.17) is 0 Å². The van der Waals surface area contributed by atoms with Crippen LogP contribution in [0.1, 0.15) is 0 Å². The lowest BCUT2D eigenvalue weighted by Crippen LogP contribution is -2.24. The number of aromatic nitrogens is 1. The van der Waals surface area contributed by atoms with Crippen molar-refractivity contribution in [2.75, 3.05) is 17.6 Å². The van der Waals surface area contributed by atoms with E-state index in [0.717, 1.165) is 27.1 Å². The lowest BCUT2D eigenvalue weighted by Gasteiger charge is -2.16. The highest BCUT2D eigenvalue weighted by atomic mass is 32.2. The van der Waals surface area contributed by atoms with Gasteiger partial charge in [-0.3, -0.25) is 14.1 Å². The van der Waals surface area contributed by atoms with Crippen molar-refractivity contribution in [3.63, 3.8) is 0 Å². The van der Waals surface area contributed by atoms with Crippen molar-refractivity contribution in [2.24, 2.45) is 0 Å². The average molecular weight is 390 g/mol. The van der Waals surface area contributed by atoms with Crippen LogP contribution in [0.2, 0.25) is 0 Å². The van der Waals surface area contributed by atoms with E-state index in [1.165, 1.54) is 7.05 Å².